The first-order chi connectivity index (χ1) is 9.97. The molecule has 4 heteroatoms. The first kappa shape index (κ1) is 15.8. The second kappa shape index (κ2) is 6.92. The van der Waals surface area contributed by atoms with E-state index in [1.807, 2.05) is 51.2 Å². The van der Waals surface area contributed by atoms with E-state index < -0.39 is 0 Å². The standard InChI is InChI=1S/C17H22ClN3/c1-12(19)10-14-7-5-9-16(18)17(14)21(3)11-15-8-4-6-13(2)20-15/h4-9,12H,10-11,19H2,1-3H3. The molecule has 0 aliphatic heterocycles. The van der Waals surface area contributed by atoms with Crippen molar-refractivity contribution in [3.63, 3.8) is 0 Å². The van der Waals surface area contributed by atoms with Crippen LogP contribution in [0.3, 0.4) is 0 Å². The number of pyridine rings is 1. The summed E-state index contributed by atoms with van der Waals surface area (Å²) in [5.74, 6) is 0. The molecule has 1 aromatic carbocycles. The van der Waals surface area contributed by atoms with Crippen molar-refractivity contribution in [2.24, 2.45) is 5.73 Å². The van der Waals surface area contributed by atoms with E-state index in [2.05, 4.69) is 16.0 Å². The van der Waals surface area contributed by atoms with Gasteiger partial charge in [0.25, 0.3) is 0 Å². The number of nitrogens with zero attached hydrogens (tertiary/aromatic N) is 2. The Hall–Kier alpha value is -1.58. The van der Waals surface area contributed by atoms with Crippen LogP contribution in [0.25, 0.3) is 0 Å². The van der Waals surface area contributed by atoms with Crippen molar-refractivity contribution in [3.05, 3.63) is 58.4 Å². The van der Waals surface area contributed by atoms with E-state index in [0.29, 0.717) is 0 Å². The summed E-state index contributed by atoms with van der Waals surface area (Å²) in [6, 6.07) is 12.1. The van der Waals surface area contributed by atoms with E-state index in [-0.39, 0.29) is 6.04 Å². The largest absolute Gasteiger partial charge is 0.367 e. The van der Waals surface area contributed by atoms with Crippen molar-refractivity contribution < 1.29 is 0 Å². The summed E-state index contributed by atoms with van der Waals surface area (Å²) >= 11 is 6.40. The smallest absolute Gasteiger partial charge is 0.0642 e. The number of rotatable bonds is 5. The number of aryl methyl sites for hydroxylation is 1. The number of nitrogens with two attached hydrogens (primary N) is 1. The minimum Gasteiger partial charge on any atom is -0.367 e. The molecule has 2 aromatic rings. The van der Waals surface area contributed by atoms with Gasteiger partial charge in [0.2, 0.25) is 0 Å². The molecule has 0 aliphatic rings. The van der Waals surface area contributed by atoms with Gasteiger partial charge in [0.05, 0.1) is 22.9 Å². The SMILES string of the molecule is Cc1cccc(CN(C)c2c(Cl)cccc2CC(C)N)n1. The highest BCUT2D eigenvalue weighted by Crippen LogP contribution is 2.30. The topological polar surface area (TPSA) is 42.1 Å². The van der Waals surface area contributed by atoms with Crippen LogP contribution >= 0.6 is 11.6 Å². The van der Waals surface area contributed by atoms with Crippen LogP contribution in [0.15, 0.2) is 36.4 Å². The molecular formula is C17H22ClN3. The van der Waals surface area contributed by atoms with Gasteiger partial charge in [-0.2, -0.15) is 0 Å². The lowest BCUT2D eigenvalue weighted by molar-refractivity contribution is 0.733. The number of hydrogen-bond donors (Lipinski definition) is 1. The van der Waals surface area contributed by atoms with Gasteiger partial charge in [0.1, 0.15) is 0 Å². The van der Waals surface area contributed by atoms with Crippen molar-refractivity contribution in [1.82, 2.24) is 4.98 Å². The minimum absolute atomic E-state index is 0.104. The fourth-order valence-corrected chi connectivity index (χ4v) is 2.85. The summed E-state index contributed by atoms with van der Waals surface area (Å²) in [6.45, 7) is 4.73. The molecule has 1 heterocycles. The molecule has 0 saturated carbocycles. The van der Waals surface area contributed by atoms with Crippen molar-refractivity contribution in [2.75, 3.05) is 11.9 Å². The van der Waals surface area contributed by atoms with Crippen LogP contribution in [0.2, 0.25) is 5.02 Å². The van der Waals surface area contributed by atoms with Crippen molar-refractivity contribution in [2.45, 2.75) is 32.9 Å². The quantitative estimate of drug-likeness (QED) is 0.918. The molecule has 2 N–H and O–H groups in total. The lowest BCUT2D eigenvalue weighted by Crippen LogP contribution is -2.23. The lowest BCUT2D eigenvalue weighted by atomic mass is 10.0. The third kappa shape index (κ3) is 4.19. The molecule has 1 atom stereocenters. The highest BCUT2D eigenvalue weighted by atomic mass is 35.5. The van der Waals surface area contributed by atoms with Crippen LogP contribution in [0.1, 0.15) is 23.9 Å². The maximum atomic E-state index is 6.40. The Labute approximate surface area is 131 Å². The fourth-order valence-electron chi connectivity index (χ4n) is 2.51. The first-order valence-corrected chi connectivity index (χ1v) is 7.52. The molecule has 1 aromatic heterocycles. The van der Waals surface area contributed by atoms with Crippen LogP contribution in [-0.2, 0) is 13.0 Å². The Morgan fingerprint density at radius 1 is 1.24 bits per heavy atom. The van der Waals surface area contributed by atoms with Crippen LogP contribution in [0.4, 0.5) is 5.69 Å². The zero-order chi connectivity index (χ0) is 15.4. The third-order valence-corrected chi connectivity index (χ3v) is 3.64. The number of benzene rings is 1. The molecule has 1 unspecified atom stereocenters. The van der Waals surface area contributed by atoms with E-state index in [4.69, 9.17) is 17.3 Å². The molecule has 0 bridgehead atoms. The second-order valence-corrected chi connectivity index (χ2v) is 5.96. The van der Waals surface area contributed by atoms with Gasteiger partial charge in [-0.05, 0) is 44.0 Å². The van der Waals surface area contributed by atoms with Gasteiger partial charge in [0, 0.05) is 18.8 Å². The maximum Gasteiger partial charge on any atom is 0.0642 e. The summed E-state index contributed by atoms with van der Waals surface area (Å²) < 4.78 is 0. The molecule has 112 valence electrons. The van der Waals surface area contributed by atoms with Gasteiger partial charge in [-0.25, -0.2) is 0 Å². The summed E-state index contributed by atoms with van der Waals surface area (Å²) in [6.07, 6.45) is 0.807. The van der Waals surface area contributed by atoms with Gasteiger partial charge in [-0.1, -0.05) is 29.8 Å². The predicted octanol–water partition coefficient (Wildman–Crippen LogP) is 3.57. The zero-order valence-corrected chi connectivity index (χ0v) is 13.6. The molecule has 3 nitrogen and oxygen atoms in total. The van der Waals surface area contributed by atoms with Gasteiger partial charge >= 0.3 is 0 Å². The highest BCUT2D eigenvalue weighted by molar-refractivity contribution is 6.33. The fraction of sp³-hybridized carbons (Fsp3) is 0.353. The van der Waals surface area contributed by atoms with Gasteiger partial charge in [0.15, 0.2) is 0 Å². The Morgan fingerprint density at radius 2 is 1.95 bits per heavy atom. The number of para-hydroxylation sites is 1. The van der Waals surface area contributed by atoms with Crippen LogP contribution < -0.4 is 10.6 Å². The lowest BCUT2D eigenvalue weighted by Gasteiger charge is -2.24. The van der Waals surface area contributed by atoms with Crippen molar-refractivity contribution >= 4 is 17.3 Å². The number of hydrogen-bond acceptors (Lipinski definition) is 3. The van der Waals surface area contributed by atoms with Crippen LogP contribution in [0.5, 0.6) is 0 Å². The molecular weight excluding hydrogens is 282 g/mol. The monoisotopic (exact) mass is 303 g/mol. The van der Waals surface area contributed by atoms with Crippen LogP contribution in [0, 0.1) is 6.92 Å². The number of halogens is 1. The first-order valence-electron chi connectivity index (χ1n) is 7.14. The predicted molar refractivity (Wildman–Crippen MR) is 89.9 cm³/mol. The van der Waals surface area contributed by atoms with E-state index >= 15 is 0 Å². The second-order valence-electron chi connectivity index (χ2n) is 5.56. The van der Waals surface area contributed by atoms with Crippen molar-refractivity contribution in [1.29, 1.82) is 0 Å². The van der Waals surface area contributed by atoms with Crippen molar-refractivity contribution in [3.8, 4) is 0 Å². The summed E-state index contributed by atoms with van der Waals surface area (Å²) in [4.78, 5) is 6.69. The Bertz CT molecular complexity index is 611. The molecule has 2 rings (SSSR count). The molecule has 21 heavy (non-hydrogen) atoms. The summed E-state index contributed by atoms with van der Waals surface area (Å²) in [5.41, 5.74) is 10.2. The van der Waals surface area contributed by atoms with Gasteiger partial charge in [-0.15, -0.1) is 0 Å². The summed E-state index contributed by atoms with van der Waals surface area (Å²) in [7, 11) is 2.04. The van der Waals surface area contributed by atoms with E-state index in [1.165, 1.54) is 5.56 Å². The highest BCUT2D eigenvalue weighted by Gasteiger charge is 2.13. The Morgan fingerprint density at radius 3 is 2.62 bits per heavy atom. The van der Waals surface area contributed by atoms with E-state index in [0.717, 1.165) is 35.1 Å². The number of aromatic nitrogens is 1. The maximum absolute atomic E-state index is 6.40. The van der Waals surface area contributed by atoms with Crippen LogP contribution in [-0.4, -0.2) is 18.1 Å². The zero-order valence-electron chi connectivity index (χ0n) is 12.8. The number of anilines is 1. The molecule has 0 saturated heterocycles. The normalized spacial score (nSPS) is 12.2. The molecule has 0 spiro atoms. The third-order valence-electron chi connectivity index (χ3n) is 3.34. The van der Waals surface area contributed by atoms with E-state index in [1.54, 1.807) is 0 Å². The molecule has 0 aliphatic carbocycles. The van der Waals surface area contributed by atoms with Gasteiger partial charge in [-0.3, -0.25) is 4.98 Å². The average molecular weight is 304 g/mol. The molecule has 0 amide bonds. The average Bonchev–Trinajstić information content (AvgIpc) is 2.37. The molecule has 0 radical (unpaired) electrons. The minimum atomic E-state index is 0.104. The molecule has 0 fully saturated rings. The Kier molecular flexibility index (Phi) is 5.21. The Balaban J connectivity index is 2.27. The summed E-state index contributed by atoms with van der Waals surface area (Å²) in [5, 5.41) is 0.753. The van der Waals surface area contributed by atoms with E-state index in [9.17, 15) is 0 Å². The van der Waals surface area contributed by atoms with Gasteiger partial charge < -0.3 is 10.6 Å².